The number of carbonyl (C=O) groups is 2. The molecule has 1 saturated heterocycles. The average Bonchev–Trinajstić information content (AvgIpc) is 2.48. The van der Waals surface area contributed by atoms with Gasteiger partial charge >= 0.3 is 0 Å². The number of nitrogens with zero attached hydrogens (tertiary/aromatic N) is 1. The third kappa shape index (κ3) is 3.40. The maximum absolute atomic E-state index is 12.5. The van der Waals surface area contributed by atoms with Gasteiger partial charge in [0.1, 0.15) is 0 Å². The Hall–Kier alpha value is -1.92. The molecule has 1 atom stereocenters. The molecule has 4 N–H and O–H groups in total. The summed E-state index contributed by atoms with van der Waals surface area (Å²) in [6.45, 7) is 0.620. The number of primary amides is 1. The first-order chi connectivity index (χ1) is 9.93. The van der Waals surface area contributed by atoms with Crippen LogP contribution in [0.4, 0.5) is 0 Å². The van der Waals surface area contributed by atoms with E-state index in [1.54, 1.807) is 30.3 Å². The van der Waals surface area contributed by atoms with Gasteiger partial charge in [-0.1, -0.05) is 30.3 Å². The van der Waals surface area contributed by atoms with Crippen LogP contribution in [-0.2, 0) is 16.0 Å². The molecule has 1 aromatic carbocycles. The van der Waals surface area contributed by atoms with E-state index in [4.69, 9.17) is 5.73 Å². The van der Waals surface area contributed by atoms with E-state index >= 15 is 0 Å². The van der Waals surface area contributed by atoms with Gasteiger partial charge in [-0.2, -0.15) is 0 Å². The van der Waals surface area contributed by atoms with Crippen molar-refractivity contribution in [1.82, 2.24) is 4.90 Å². The van der Waals surface area contributed by atoms with Gasteiger partial charge in [0.05, 0.1) is 6.10 Å². The number of nitrogens with two attached hydrogens (primary N) is 1. The largest absolute Gasteiger partial charge is 0.393 e. The lowest BCUT2D eigenvalue weighted by atomic mass is 9.91. The van der Waals surface area contributed by atoms with Crippen molar-refractivity contribution in [3.63, 3.8) is 0 Å². The Kier molecular flexibility index (Phi) is 4.59. The lowest BCUT2D eigenvalue weighted by Gasteiger charge is -2.35. The Morgan fingerprint density at radius 3 is 2.33 bits per heavy atom. The number of piperidine rings is 1. The van der Waals surface area contributed by atoms with Gasteiger partial charge in [0.25, 0.3) is 11.8 Å². The van der Waals surface area contributed by atoms with Gasteiger partial charge in [-0.3, -0.25) is 9.59 Å². The second kappa shape index (κ2) is 6.24. The zero-order chi connectivity index (χ0) is 15.5. The van der Waals surface area contributed by atoms with E-state index < -0.39 is 23.5 Å². The number of benzene rings is 1. The summed E-state index contributed by atoms with van der Waals surface area (Å²) in [6, 6.07) is 8.78. The van der Waals surface area contributed by atoms with Gasteiger partial charge in [-0.15, -0.1) is 0 Å². The fourth-order valence-corrected chi connectivity index (χ4v) is 2.49. The minimum absolute atomic E-state index is 0.152. The molecule has 1 aromatic rings. The summed E-state index contributed by atoms with van der Waals surface area (Å²) < 4.78 is 0. The van der Waals surface area contributed by atoms with Crippen LogP contribution in [-0.4, -0.2) is 51.7 Å². The normalized spacial score (nSPS) is 19.0. The van der Waals surface area contributed by atoms with Gasteiger partial charge < -0.3 is 20.8 Å². The standard InChI is InChI=1S/C15H20N2O4/c16-13(19)15(21,10-11-4-2-1-3-5-11)14(20)17-8-6-12(18)7-9-17/h1-5,12,18,21H,6-10H2,(H2,16,19)/t15-/m1/s1. The second-order valence-corrected chi connectivity index (χ2v) is 5.41. The van der Waals surface area contributed by atoms with Gasteiger partial charge in [0, 0.05) is 19.5 Å². The zero-order valence-corrected chi connectivity index (χ0v) is 11.7. The van der Waals surface area contributed by atoms with Crippen molar-refractivity contribution in [3.05, 3.63) is 35.9 Å². The van der Waals surface area contributed by atoms with E-state index in [2.05, 4.69) is 0 Å². The Balaban J connectivity index is 2.17. The highest BCUT2D eigenvalue weighted by Crippen LogP contribution is 2.20. The number of carbonyl (C=O) groups excluding carboxylic acids is 2. The predicted octanol–water partition coefficient (Wildman–Crippen LogP) is -0.571. The molecule has 1 fully saturated rings. The summed E-state index contributed by atoms with van der Waals surface area (Å²) in [5.74, 6) is -1.74. The first kappa shape index (κ1) is 15.5. The summed E-state index contributed by atoms with van der Waals surface area (Å²) in [4.78, 5) is 25.5. The van der Waals surface area contributed by atoms with Gasteiger partial charge in [0.2, 0.25) is 5.60 Å². The molecule has 0 radical (unpaired) electrons. The molecule has 0 spiro atoms. The molecular weight excluding hydrogens is 272 g/mol. The number of aliphatic hydroxyl groups is 2. The summed E-state index contributed by atoms with van der Waals surface area (Å²) in [5, 5.41) is 20.0. The maximum atomic E-state index is 12.5. The summed E-state index contributed by atoms with van der Waals surface area (Å²) in [7, 11) is 0. The van der Waals surface area contributed by atoms with E-state index in [0.717, 1.165) is 0 Å². The molecule has 1 aliphatic rings. The molecule has 0 aliphatic carbocycles. The summed E-state index contributed by atoms with van der Waals surface area (Å²) >= 11 is 0. The fourth-order valence-electron chi connectivity index (χ4n) is 2.49. The maximum Gasteiger partial charge on any atom is 0.264 e. The molecule has 0 aromatic heterocycles. The average molecular weight is 292 g/mol. The van der Waals surface area contributed by atoms with Crippen molar-refractivity contribution < 1.29 is 19.8 Å². The van der Waals surface area contributed by atoms with Crippen LogP contribution in [0.5, 0.6) is 0 Å². The minimum Gasteiger partial charge on any atom is -0.393 e. The predicted molar refractivity (Wildman–Crippen MR) is 76.1 cm³/mol. The monoisotopic (exact) mass is 292 g/mol. The minimum atomic E-state index is -2.25. The molecule has 0 bridgehead atoms. The molecule has 6 heteroatoms. The van der Waals surface area contributed by atoms with Crippen LogP contribution in [0.15, 0.2) is 30.3 Å². The molecule has 1 aliphatic heterocycles. The van der Waals surface area contributed by atoms with Crippen molar-refractivity contribution in [2.75, 3.05) is 13.1 Å². The molecule has 6 nitrogen and oxygen atoms in total. The van der Waals surface area contributed by atoms with Crippen LogP contribution in [0.25, 0.3) is 0 Å². The number of aliphatic hydroxyl groups excluding tert-OH is 1. The number of rotatable bonds is 4. The fraction of sp³-hybridized carbons (Fsp3) is 0.467. The van der Waals surface area contributed by atoms with E-state index in [0.29, 0.717) is 31.5 Å². The SMILES string of the molecule is NC(=O)[C@](O)(Cc1ccccc1)C(=O)N1CCC(O)CC1. The molecule has 0 saturated carbocycles. The van der Waals surface area contributed by atoms with Crippen molar-refractivity contribution >= 4 is 11.8 Å². The Bertz CT molecular complexity index is 512. The topological polar surface area (TPSA) is 104 Å². The van der Waals surface area contributed by atoms with Crippen molar-refractivity contribution in [2.45, 2.75) is 31.0 Å². The van der Waals surface area contributed by atoms with Crippen LogP contribution in [0.2, 0.25) is 0 Å². The lowest BCUT2D eigenvalue weighted by molar-refractivity contribution is -0.160. The van der Waals surface area contributed by atoms with Gasteiger partial charge in [-0.25, -0.2) is 0 Å². The first-order valence-electron chi connectivity index (χ1n) is 6.97. The molecule has 2 amide bonds. The van der Waals surface area contributed by atoms with Crippen molar-refractivity contribution in [1.29, 1.82) is 0 Å². The summed E-state index contributed by atoms with van der Waals surface area (Å²) in [5.41, 5.74) is 3.68. The lowest BCUT2D eigenvalue weighted by Crippen LogP contribution is -2.59. The Morgan fingerprint density at radius 1 is 1.24 bits per heavy atom. The van der Waals surface area contributed by atoms with Crippen LogP contribution in [0, 0.1) is 0 Å². The Labute approximate surface area is 123 Å². The highest BCUT2D eigenvalue weighted by molar-refractivity contribution is 6.07. The van der Waals surface area contributed by atoms with Crippen LogP contribution < -0.4 is 5.73 Å². The van der Waals surface area contributed by atoms with E-state index in [1.165, 1.54) is 4.90 Å². The molecule has 21 heavy (non-hydrogen) atoms. The number of likely N-dealkylation sites (tertiary alicyclic amines) is 1. The molecular formula is C15H20N2O4. The first-order valence-corrected chi connectivity index (χ1v) is 6.97. The zero-order valence-electron chi connectivity index (χ0n) is 11.7. The van der Waals surface area contributed by atoms with Gasteiger partial charge in [-0.05, 0) is 18.4 Å². The molecule has 0 unspecified atom stereocenters. The number of amides is 2. The second-order valence-electron chi connectivity index (χ2n) is 5.41. The third-order valence-electron chi connectivity index (χ3n) is 3.82. The van der Waals surface area contributed by atoms with E-state index in [-0.39, 0.29) is 6.42 Å². The molecule has 114 valence electrons. The number of hydrogen-bond acceptors (Lipinski definition) is 4. The third-order valence-corrected chi connectivity index (χ3v) is 3.82. The van der Waals surface area contributed by atoms with Crippen molar-refractivity contribution in [2.24, 2.45) is 5.73 Å². The molecule has 1 heterocycles. The Morgan fingerprint density at radius 2 is 1.81 bits per heavy atom. The van der Waals surface area contributed by atoms with Crippen LogP contribution >= 0.6 is 0 Å². The van der Waals surface area contributed by atoms with Gasteiger partial charge in [0.15, 0.2) is 0 Å². The highest BCUT2D eigenvalue weighted by atomic mass is 16.3. The van der Waals surface area contributed by atoms with E-state index in [1.807, 2.05) is 0 Å². The van der Waals surface area contributed by atoms with E-state index in [9.17, 15) is 19.8 Å². The van der Waals surface area contributed by atoms with Crippen LogP contribution in [0.3, 0.4) is 0 Å². The quantitative estimate of drug-likeness (QED) is 0.646. The smallest absolute Gasteiger partial charge is 0.264 e. The van der Waals surface area contributed by atoms with Crippen LogP contribution in [0.1, 0.15) is 18.4 Å². The molecule has 2 rings (SSSR count). The number of hydrogen-bond donors (Lipinski definition) is 3. The van der Waals surface area contributed by atoms with Crippen molar-refractivity contribution in [3.8, 4) is 0 Å². The summed E-state index contributed by atoms with van der Waals surface area (Å²) in [6.07, 6.45) is 0.281. The highest BCUT2D eigenvalue weighted by Gasteiger charge is 2.45.